The molecular weight excluding hydrogens is 481 g/mol. The Hall–Kier alpha value is -2.00. The minimum atomic E-state index is 0. The monoisotopic (exact) mass is 509 g/mol. The molecule has 0 aliphatic carbocycles. The number of nitrogens with one attached hydrogen (secondary N) is 1. The number of hydrogen-bond donors (Lipinski definition) is 1. The van der Waals surface area contributed by atoms with Gasteiger partial charge in [-0.25, -0.2) is 0 Å². The molecular formula is C22H28IN3O3. The summed E-state index contributed by atoms with van der Waals surface area (Å²) >= 11 is 0. The molecule has 0 aromatic heterocycles. The van der Waals surface area contributed by atoms with E-state index in [0.29, 0.717) is 25.9 Å². The average molecular weight is 509 g/mol. The van der Waals surface area contributed by atoms with E-state index in [1.54, 1.807) is 0 Å². The predicted molar refractivity (Wildman–Crippen MR) is 124 cm³/mol. The zero-order valence-corrected chi connectivity index (χ0v) is 19.0. The van der Waals surface area contributed by atoms with Crippen molar-refractivity contribution in [2.24, 2.45) is 10.9 Å². The lowest BCUT2D eigenvalue weighted by atomic mass is 10.1. The lowest BCUT2D eigenvalue weighted by Crippen LogP contribution is -2.39. The van der Waals surface area contributed by atoms with Crippen molar-refractivity contribution in [3.63, 3.8) is 0 Å². The molecule has 1 saturated heterocycles. The van der Waals surface area contributed by atoms with E-state index < -0.39 is 0 Å². The van der Waals surface area contributed by atoms with E-state index >= 15 is 0 Å². The molecule has 0 saturated carbocycles. The Bertz CT molecular complexity index is 816. The third kappa shape index (κ3) is 5.76. The molecule has 29 heavy (non-hydrogen) atoms. The van der Waals surface area contributed by atoms with E-state index in [0.717, 1.165) is 49.1 Å². The van der Waals surface area contributed by atoms with Gasteiger partial charge in [0.15, 0.2) is 17.5 Å². The second-order valence-corrected chi connectivity index (χ2v) is 7.19. The van der Waals surface area contributed by atoms with E-state index in [4.69, 9.17) is 14.2 Å². The van der Waals surface area contributed by atoms with E-state index in [1.165, 1.54) is 5.56 Å². The highest BCUT2D eigenvalue weighted by Gasteiger charge is 2.25. The lowest BCUT2D eigenvalue weighted by Gasteiger charge is -2.22. The van der Waals surface area contributed by atoms with Crippen molar-refractivity contribution >= 4 is 29.9 Å². The van der Waals surface area contributed by atoms with Gasteiger partial charge in [-0.3, -0.25) is 4.99 Å². The number of rotatable bonds is 6. The maximum absolute atomic E-state index is 5.92. The standard InChI is InChI=1S/C22H27N3O3.HI/c1-23-22(24-12-18-7-8-20-21(11-18)28-16-27-20)25-10-9-19(13-25)15-26-14-17-5-3-2-4-6-17;/h2-8,11,19H,9-10,12-16H2,1H3,(H,23,24);1H. The van der Waals surface area contributed by atoms with Crippen LogP contribution in [0.2, 0.25) is 0 Å². The van der Waals surface area contributed by atoms with Gasteiger partial charge in [0.1, 0.15) is 0 Å². The average Bonchev–Trinajstić information content (AvgIpc) is 3.38. The Morgan fingerprint density at radius 3 is 2.79 bits per heavy atom. The number of benzene rings is 2. The van der Waals surface area contributed by atoms with Crippen molar-refractivity contribution in [1.82, 2.24) is 10.2 Å². The molecule has 156 valence electrons. The van der Waals surface area contributed by atoms with E-state index in [-0.39, 0.29) is 24.0 Å². The highest BCUT2D eigenvalue weighted by Crippen LogP contribution is 2.32. The Labute approximate surface area is 189 Å². The fraction of sp³-hybridized carbons (Fsp3) is 0.409. The van der Waals surface area contributed by atoms with Crippen LogP contribution in [0.4, 0.5) is 0 Å². The Morgan fingerprint density at radius 2 is 1.97 bits per heavy atom. The quantitative estimate of drug-likeness (QED) is 0.366. The number of likely N-dealkylation sites (tertiary alicyclic amines) is 1. The van der Waals surface area contributed by atoms with Gasteiger partial charge >= 0.3 is 0 Å². The molecule has 1 N–H and O–H groups in total. The molecule has 1 atom stereocenters. The van der Waals surface area contributed by atoms with Gasteiger partial charge < -0.3 is 24.4 Å². The first-order valence-corrected chi connectivity index (χ1v) is 9.77. The largest absolute Gasteiger partial charge is 0.454 e. The van der Waals surface area contributed by atoms with Crippen LogP contribution in [0, 0.1) is 5.92 Å². The maximum Gasteiger partial charge on any atom is 0.231 e. The molecule has 2 heterocycles. The zero-order valence-electron chi connectivity index (χ0n) is 16.7. The Kier molecular flexibility index (Phi) is 8.00. The van der Waals surface area contributed by atoms with Crippen molar-refractivity contribution in [3.8, 4) is 11.5 Å². The van der Waals surface area contributed by atoms with Crippen molar-refractivity contribution in [2.45, 2.75) is 19.6 Å². The van der Waals surface area contributed by atoms with Gasteiger partial charge in [-0.1, -0.05) is 36.4 Å². The summed E-state index contributed by atoms with van der Waals surface area (Å²) in [6, 6.07) is 16.4. The van der Waals surface area contributed by atoms with Crippen LogP contribution in [0.3, 0.4) is 0 Å². The zero-order chi connectivity index (χ0) is 19.2. The summed E-state index contributed by atoms with van der Waals surface area (Å²) in [4.78, 5) is 6.76. The molecule has 1 unspecified atom stereocenters. The highest BCUT2D eigenvalue weighted by molar-refractivity contribution is 14.0. The van der Waals surface area contributed by atoms with Gasteiger partial charge in [-0.2, -0.15) is 0 Å². The van der Waals surface area contributed by atoms with Crippen molar-refractivity contribution in [2.75, 3.05) is 33.5 Å². The van der Waals surface area contributed by atoms with Crippen molar-refractivity contribution in [1.29, 1.82) is 0 Å². The van der Waals surface area contributed by atoms with Gasteiger partial charge in [0, 0.05) is 32.6 Å². The van der Waals surface area contributed by atoms with Crippen LogP contribution in [0.25, 0.3) is 0 Å². The summed E-state index contributed by atoms with van der Waals surface area (Å²) in [7, 11) is 1.83. The first kappa shape index (κ1) is 21.7. The van der Waals surface area contributed by atoms with Crippen LogP contribution in [-0.2, 0) is 17.9 Å². The summed E-state index contributed by atoms with van der Waals surface area (Å²) in [5, 5.41) is 3.46. The molecule has 2 aromatic carbocycles. The van der Waals surface area contributed by atoms with Crippen LogP contribution in [0.1, 0.15) is 17.5 Å². The number of halogens is 1. The van der Waals surface area contributed by atoms with Gasteiger partial charge in [0.25, 0.3) is 0 Å². The smallest absolute Gasteiger partial charge is 0.231 e. The summed E-state index contributed by atoms with van der Waals surface area (Å²) in [6.07, 6.45) is 1.12. The molecule has 2 aliphatic heterocycles. The van der Waals surface area contributed by atoms with E-state index in [2.05, 4.69) is 33.4 Å². The molecule has 7 heteroatoms. The first-order valence-electron chi connectivity index (χ1n) is 9.77. The minimum Gasteiger partial charge on any atom is -0.454 e. The predicted octanol–water partition coefficient (Wildman–Crippen LogP) is 3.65. The first-order chi connectivity index (χ1) is 13.8. The summed E-state index contributed by atoms with van der Waals surface area (Å²) in [5.41, 5.74) is 2.37. The van der Waals surface area contributed by atoms with Crippen LogP contribution >= 0.6 is 24.0 Å². The van der Waals surface area contributed by atoms with Crippen LogP contribution in [0.15, 0.2) is 53.5 Å². The summed E-state index contributed by atoms with van der Waals surface area (Å²) in [5.74, 6) is 3.09. The minimum absolute atomic E-state index is 0. The number of ether oxygens (including phenoxy) is 3. The second kappa shape index (κ2) is 10.7. The number of hydrogen-bond acceptors (Lipinski definition) is 4. The second-order valence-electron chi connectivity index (χ2n) is 7.19. The molecule has 2 aromatic rings. The fourth-order valence-electron chi connectivity index (χ4n) is 3.64. The summed E-state index contributed by atoms with van der Waals surface area (Å²) in [6.45, 7) is 4.43. The lowest BCUT2D eigenvalue weighted by molar-refractivity contribution is 0.0906. The summed E-state index contributed by atoms with van der Waals surface area (Å²) < 4.78 is 16.7. The van der Waals surface area contributed by atoms with Crippen LogP contribution in [-0.4, -0.2) is 44.4 Å². The van der Waals surface area contributed by atoms with Gasteiger partial charge in [0.2, 0.25) is 6.79 Å². The molecule has 0 radical (unpaired) electrons. The molecule has 0 bridgehead atoms. The van der Waals surface area contributed by atoms with Gasteiger partial charge in [0.05, 0.1) is 13.2 Å². The topological polar surface area (TPSA) is 55.3 Å². The van der Waals surface area contributed by atoms with Crippen molar-refractivity contribution < 1.29 is 14.2 Å². The molecule has 2 aliphatic rings. The van der Waals surface area contributed by atoms with E-state index in [1.807, 2.05) is 37.4 Å². The van der Waals surface area contributed by atoms with Crippen LogP contribution < -0.4 is 14.8 Å². The van der Waals surface area contributed by atoms with Gasteiger partial charge in [-0.05, 0) is 29.7 Å². The maximum atomic E-state index is 5.92. The third-order valence-corrected chi connectivity index (χ3v) is 5.15. The highest BCUT2D eigenvalue weighted by atomic mass is 127. The number of nitrogens with zero attached hydrogens (tertiary/aromatic N) is 2. The van der Waals surface area contributed by atoms with Gasteiger partial charge in [-0.15, -0.1) is 24.0 Å². The number of aliphatic imine (C=N–C) groups is 1. The van der Waals surface area contributed by atoms with E-state index in [9.17, 15) is 0 Å². The third-order valence-electron chi connectivity index (χ3n) is 5.15. The normalized spacial score (nSPS) is 17.9. The molecule has 1 fully saturated rings. The van der Waals surface area contributed by atoms with Crippen LogP contribution in [0.5, 0.6) is 11.5 Å². The number of fused-ring (bicyclic) bond motifs is 1. The Balaban J connectivity index is 0.00000240. The number of guanidine groups is 1. The Morgan fingerprint density at radius 1 is 1.14 bits per heavy atom. The SMILES string of the molecule is CN=C(NCc1ccc2c(c1)OCO2)N1CCC(COCc2ccccc2)C1.I. The van der Waals surface area contributed by atoms with Crippen molar-refractivity contribution in [3.05, 3.63) is 59.7 Å². The fourth-order valence-corrected chi connectivity index (χ4v) is 3.64. The molecule has 0 spiro atoms. The molecule has 0 amide bonds. The molecule has 6 nitrogen and oxygen atoms in total. The molecule has 4 rings (SSSR count).